The average Bonchev–Trinajstić information content (AvgIpc) is 0.899. The number of ether oxygens (including phenoxy) is 4. The molecule has 19 heteroatoms. The van der Waals surface area contributed by atoms with E-state index in [9.17, 15) is 43.2 Å². The minimum atomic E-state index is -5.01. The van der Waals surface area contributed by atoms with Crippen LogP contribution in [-0.4, -0.2) is 96.7 Å². The Kier molecular flexibility index (Phi) is 76.9. The molecule has 0 aliphatic rings. The molecule has 5 unspecified atom stereocenters. The second-order valence-corrected chi connectivity index (χ2v) is 30.2. The Morgan fingerprint density at radius 2 is 0.491 bits per heavy atom. The van der Waals surface area contributed by atoms with Crippen molar-refractivity contribution < 1.29 is 80.2 Å². The summed E-state index contributed by atoms with van der Waals surface area (Å²) in [6.07, 6.45) is 98.7. The first-order chi connectivity index (χ1) is 53.7. The number of hydrogen-bond donors (Lipinski definition) is 3. The maximum absolute atomic E-state index is 13.1. The van der Waals surface area contributed by atoms with Crippen molar-refractivity contribution in [1.29, 1.82) is 0 Å². The monoisotopic (exact) mass is 1580 g/mol. The van der Waals surface area contributed by atoms with Gasteiger partial charge in [-0.1, -0.05) is 300 Å². The Balaban J connectivity index is 5.48. The molecule has 0 radical (unpaired) electrons. The predicted octanol–water partition coefficient (Wildman–Crippen LogP) is 25.1. The lowest BCUT2D eigenvalue weighted by molar-refractivity contribution is -0.161. The Bertz CT molecular complexity index is 2800. The Hall–Kier alpha value is -5.84. The van der Waals surface area contributed by atoms with Gasteiger partial charge in [0.2, 0.25) is 0 Å². The molecule has 0 saturated heterocycles. The van der Waals surface area contributed by atoms with E-state index < -0.39 is 97.5 Å². The smallest absolute Gasteiger partial charge is 0.462 e. The van der Waals surface area contributed by atoms with Crippen molar-refractivity contribution in [3.63, 3.8) is 0 Å². The van der Waals surface area contributed by atoms with Crippen LogP contribution in [0.2, 0.25) is 0 Å². The summed E-state index contributed by atoms with van der Waals surface area (Å²) in [5.74, 6) is -2.33. The van der Waals surface area contributed by atoms with Gasteiger partial charge >= 0.3 is 39.5 Å². The molecular weight excluding hydrogens is 1430 g/mol. The first-order valence-electron chi connectivity index (χ1n) is 42.0. The highest BCUT2D eigenvalue weighted by molar-refractivity contribution is 7.47. The van der Waals surface area contributed by atoms with Crippen LogP contribution in [0.5, 0.6) is 0 Å². The Labute approximate surface area is 666 Å². The fourth-order valence-electron chi connectivity index (χ4n) is 10.6. The van der Waals surface area contributed by atoms with Gasteiger partial charge in [-0.15, -0.1) is 0 Å². The van der Waals surface area contributed by atoms with Crippen molar-refractivity contribution in [1.82, 2.24) is 0 Å². The quantitative estimate of drug-likeness (QED) is 0.0169. The second kappa shape index (κ2) is 81.2. The molecule has 3 N–H and O–H groups in total. The van der Waals surface area contributed by atoms with Crippen LogP contribution in [0.1, 0.15) is 310 Å². The Morgan fingerprint density at radius 1 is 0.264 bits per heavy atom. The van der Waals surface area contributed by atoms with E-state index in [1.54, 1.807) is 0 Å². The normalized spacial score (nSPS) is 14.7. The molecule has 17 nitrogen and oxygen atoms in total. The molecule has 110 heavy (non-hydrogen) atoms. The summed E-state index contributed by atoms with van der Waals surface area (Å²) in [4.78, 5) is 73.2. The van der Waals surface area contributed by atoms with Gasteiger partial charge in [0, 0.05) is 25.7 Å². The highest BCUT2D eigenvalue weighted by Crippen LogP contribution is 2.45. The molecule has 0 spiro atoms. The van der Waals surface area contributed by atoms with Crippen LogP contribution in [-0.2, 0) is 65.4 Å². The summed E-state index contributed by atoms with van der Waals surface area (Å²) < 4.78 is 68.7. The third kappa shape index (κ3) is 80.2. The van der Waals surface area contributed by atoms with E-state index in [2.05, 4.69) is 192 Å². The third-order valence-electron chi connectivity index (χ3n) is 16.9. The molecule has 0 aromatic carbocycles. The number of rotatable bonds is 77. The van der Waals surface area contributed by atoms with Gasteiger partial charge in [-0.2, -0.15) is 0 Å². The molecule has 5 atom stereocenters. The molecule has 0 aliphatic carbocycles. The van der Waals surface area contributed by atoms with Crippen LogP contribution < -0.4 is 0 Å². The number of phosphoric ester groups is 2. The fourth-order valence-corrected chi connectivity index (χ4v) is 12.2. The van der Waals surface area contributed by atoms with Gasteiger partial charge in [-0.3, -0.25) is 37.3 Å². The van der Waals surface area contributed by atoms with E-state index in [1.807, 2.05) is 18.2 Å². The first kappa shape index (κ1) is 104. The van der Waals surface area contributed by atoms with Gasteiger partial charge in [0.15, 0.2) is 12.2 Å². The van der Waals surface area contributed by atoms with Crippen molar-refractivity contribution in [2.75, 3.05) is 39.6 Å². The van der Waals surface area contributed by atoms with Crippen molar-refractivity contribution in [2.45, 2.75) is 329 Å². The maximum Gasteiger partial charge on any atom is 0.472 e. The van der Waals surface area contributed by atoms with Crippen LogP contribution in [0.25, 0.3) is 0 Å². The predicted molar refractivity (Wildman–Crippen MR) is 454 cm³/mol. The molecule has 0 amide bonds. The zero-order valence-electron chi connectivity index (χ0n) is 68.4. The van der Waals surface area contributed by atoms with E-state index in [4.69, 9.17) is 37.0 Å². The number of hydrogen-bond acceptors (Lipinski definition) is 15. The van der Waals surface area contributed by atoms with E-state index in [0.29, 0.717) is 32.1 Å². The van der Waals surface area contributed by atoms with Crippen molar-refractivity contribution in [2.24, 2.45) is 0 Å². The van der Waals surface area contributed by atoms with Gasteiger partial charge in [0.05, 0.1) is 26.4 Å². The molecule has 0 aliphatic heterocycles. The van der Waals surface area contributed by atoms with Crippen molar-refractivity contribution >= 4 is 39.5 Å². The topological polar surface area (TPSA) is 237 Å². The minimum absolute atomic E-state index is 0.0256. The average molecular weight is 1580 g/mol. The molecule has 0 rings (SSSR count). The lowest BCUT2D eigenvalue weighted by Crippen LogP contribution is -2.30. The second-order valence-electron chi connectivity index (χ2n) is 27.3. The Morgan fingerprint density at radius 3 is 0.782 bits per heavy atom. The summed E-state index contributed by atoms with van der Waals surface area (Å²) in [6, 6.07) is 0. The van der Waals surface area contributed by atoms with Gasteiger partial charge in [-0.05, 0) is 167 Å². The fraction of sp³-hybridized carbons (Fsp3) is 0.626. The molecule has 0 heterocycles. The largest absolute Gasteiger partial charge is 0.472 e. The number of unbranched alkanes of at least 4 members (excludes halogenated alkanes) is 21. The van der Waals surface area contributed by atoms with Crippen LogP contribution >= 0.6 is 15.6 Å². The number of allylic oxidation sites excluding steroid dienone is 30. The number of carbonyl (C=O) groups is 4. The third-order valence-corrected chi connectivity index (χ3v) is 18.8. The van der Waals surface area contributed by atoms with Crippen molar-refractivity contribution in [3.8, 4) is 0 Å². The number of phosphoric acid groups is 2. The zero-order valence-corrected chi connectivity index (χ0v) is 70.1. The molecule has 0 fully saturated rings. The highest BCUT2D eigenvalue weighted by atomic mass is 31.2. The van der Waals surface area contributed by atoms with Gasteiger partial charge in [0.25, 0.3) is 0 Å². The molecule has 0 bridgehead atoms. The van der Waals surface area contributed by atoms with Crippen molar-refractivity contribution in [3.05, 3.63) is 182 Å². The van der Waals surface area contributed by atoms with E-state index in [0.717, 1.165) is 205 Å². The molecule has 0 aromatic heterocycles. The van der Waals surface area contributed by atoms with Crippen LogP contribution in [0.4, 0.5) is 0 Å². The molecular formula is C91H148O17P2. The number of aliphatic hydroxyl groups excluding tert-OH is 1. The van der Waals surface area contributed by atoms with Gasteiger partial charge < -0.3 is 33.8 Å². The summed E-state index contributed by atoms with van der Waals surface area (Å²) in [7, 11) is -10.0. The maximum atomic E-state index is 13.1. The number of esters is 4. The van der Waals surface area contributed by atoms with Gasteiger partial charge in [0.1, 0.15) is 19.3 Å². The summed E-state index contributed by atoms with van der Waals surface area (Å²) in [5, 5.41) is 10.7. The lowest BCUT2D eigenvalue weighted by atomic mass is 10.1. The minimum Gasteiger partial charge on any atom is -0.462 e. The highest BCUT2D eigenvalue weighted by Gasteiger charge is 2.30. The van der Waals surface area contributed by atoms with Crippen LogP contribution in [0, 0.1) is 0 Å². The lowest BCUT2D eigenvalue weighted by Gasteiger charge is -2.21. The van der Waals surface area contributed by atoms with E-state index >= 15 is 0 Å². The summed E-state index contributed by atoms with van der Waals surface area (Å²) in [5.41, 5.74) is 0. The molecule has 0 saturated carbocycles. The standard InChI is InChI=1S/C91H148O17P2/c1-5-9-13-17-21-25-29-33-37-40-42-45-48-51-55-59-63-67-71-75-88(93)101-81-86(107-90(95)77-73-69-65-61-57-53-47-36-32-28-24-20-16-12-8-4)83-105-109(97,98)103-79-85(92)80-104-110(99,100)106-84-87(108-91(96)78-74-70-66-62-58-54-50-44-39-35-31-27-23-19-15-11-7-3)82-102-89(94)76-72-68-64-60-56-52-49-46-43-41-38-34-30-26-22-18-14-10-6-2/h9,11-13,15-16,21-28,33-39,42-43,45-47,51,55,63,67,85-87,92H,5-8,10,14,17-20,29-32,40-41,44,48-50,52-54,56-62,64-66,68-84H2,1-4H3,(H,97,98)(H,99,100)/b13-9-,15-11-,16-12-,25-21-,26-22-,27-23-,28-24-,37-33-,38-34-,39-35-,45-42-,46-43-,47-36-,55-51-,67-63-. The molecule has 0 aromatic rings. The number of carbonyl (C=O) groups excluding carboxylic acids is 4. The SMILES string of the molecule is CC/C=C\C/C=C\C/C=C\C/C=C\C/C=C\C/C=C\CCC(=O)OCC(COP(=O)(O)OCC(O)COP(=O)(O)OCC(COC(=O)CCCCCCCC/C=C\C/C=C\C/C=C\CCCCC)OC(=O)CCCCCCCCC/C=C\C/C=C\C/C=C\CC)OC(=O)CCCCCCC/C=C\C/C=C\C/C=C\CC. The number of aliphatic hydroxyl groups is 1. The van der Waals surface area contributed by atoms with E-state index in [1.165, 1.54) is 19.3 Å². The summed E-state index contributed by atoms with van der Waals surface area (Å²) >= 11 is 0. The van der Waals surface area contributed by atoms with Crippen LogP contribution in [0.15, 0.2) is 182 Å². The van der Waals surface area contributed by atoms with E-state index in [-0.39, 0.29) is 25.7 Å². The summed E-state index contributed by atoms with van der Waals surface area (Å²) in [6.45, 7) is 4.38. The zero-order chi connectivity index (χ0) is 80.3. The first-order valence-corrected chi connectivity index (χ1v) is 45.0. The van der Waals surface area contributed by atoms with Crippen LogP contribution in [0.3, 0.4) is 0 Å². The molecule has 624 valence electrons. The van der Waals surface area contributed by atoms with Gasteiger partial charge in [-0.25, -0.2) is 9.13 Å².